The molecule has 0 amide bonds. The van der Waals surface area contributed by atoms with Crippen LogP contribution in [0.25, 0.3) is 0 Å². The molecule has 0 fully saturated rings. The van der Waals surface area contributed by atoms with Crippen LogP contribution in [0, 0.1) is 11.3 Å². The highest BCUT2D eigenvalue weighted by Crippen LogP contribution is 2.44. The summed E-state index contributed by atoms with van der Waals surface area (Å²) in [6.07, 6.45) is 0.888. The van der Waals surface area contributed by atoms with E-state index >= 15 is 0 Å². The van der Waals surface area contributed by atoms with Crippen molar-refractivity contribution in [2.75, 3.05) is 13.7 Å². The lowest BCUT2D eigenvalue weighted by atomic mass is 9.83. The summed E-state index contributed by atoms with van der Waals surface area (Å²) in [5, 5.41) is 19.3. The summed E-state index contributed by atoms with van der Waals surface area (Å²) in [4.78, 5) is 0. The molecule has 0 saturated carbocycles. The molecule has 0 bridgehead atoms. The minimum atomic E-state index is -0.418. The number of methoxy groups -OCH3 is 1. The Morgan fingerprint density at radius 3 is 2.73 bits per heavy atom. The number of hydrogen-bond acceptors (Lipinski definition) is 6. The van der Waals surface area contributed by atoms with Gasteiger partial charge >= 0.3 is 0 Å². The predicted octanol–water partition coefficient (Wildman–Crippen LogP) is 3.41. The lowest BCUT2D eigenvalue weighted by molar-refractivity contribution is 0.294. The van der Waals surface area contributed by atoms with Crippen LogP contribution in [0.3, 0.4) is 0 Å². The topological polar surface area (TPSA) is 97.7 Å². The molecular formula is C20H20N2O4. The SMILES string of the molecule is CCCOc1ccc(C2C(C#N)=C(N)Oc3cc(O)ccc32)cc1OC. The number of nitriles is 1. The van der Waals surface area contributed by atoms with Crippen molar-refractivity contribution >= 4 is 0 Å². The monoisotopic (exact) mass is 352 g/mol. The second-order valence-corrected chi connectivity index (χ2v) is 5.91. The molecule has 1 heterocycles. The molecule has 0 aromatic heterocycles. The molecular weight excluding hydrogens is 332 g/mol. The number of fused-ring (bicyclic) bond motifs is 1. The molecule has 0 spiro atoms. The van der Waals surface area contributed by atoms with Crippen molar-refractivity contribution in [3.05, 3.63) is 59.0 Å². The van der Waals surface area contributed by atoms with Crippen molar-refractivity contribution in [2.45, 2.75) is 19.3 Å². The van der Waals surface area contributed by atoms with E-state index < -0.39 is 5.92 Å². The maximum absolute atomic E-state index is 9.72. The van der Waals surface area contributed by atoms with E-state index in [0.717, 1.165) is 17.5 Å². The first kappa shape index (κ1) is 17.5. The number of nitrogens with zero attached hydrogens (tertiary/aromatic N) is 1. The molecule has 1 aliphatic heterocycles. The fourth-order valence-corrected chi connectivity index (χ4v) is 2.98. The van der Waals surface area contributed by atoms with Gasteiger partial charge in [-0.25, -0.2) is 0 Å². The Morgan fingerprint density at radius 2 is 2.04 bits per heavy atom. The minimum absolute atomic E-state index is 0.0286. The Hall–Kier alpha value is -3.33. The summed E-state index contributed by atoms with van der Waals surface area (Å²) in [7, 11) is 1.57. The van der Waals surface area contributed by atoms with Gasteiger partial charge in [-0.05, 0) is 30.2 Å². The first-order valence-corrected chi connectivity index (χ1v) is 8.30. The van der Waals surface area contributed by atoms with E-state index in [0.29, 0.717) is 29.4 Å². The zero-order valence-electron chi connectivity index (χ0n) is 14.7. The van der Waals surface area contributed by atoms with Crippen molar-refractivity contribution in [3.8, 4) is 29.1 Å². The molecule has 1 aliphatic rings. The average Bonchev–Trinajstić information content (AvgIpc) is 2.65. The van der Waals surface area contributed by atoms with Gasteiger partial charge < -0.3 is 25.1 Å². The van der Waals surface area contributed by atoms with E-state index in [9.17, 15) is 10.4 Å². The Balaban J connectivity index is 2.11. The first-order chi connectivity index (χ1) is 12.6. The second kappa shape index (κ2) is 7.28. The Labute approximate surface area is 152 Å². The summed E-state index contributed by atoms with van der Waals surface area (Å²) < 4.78 is 16.7. The number of phenols is 1. The fourth-order valence-electron chi connectivity index (χ4n) is 2.98. The molecule has 3 rings (SSSR count). The molecule has 3 N–H and O–H groups in total. The summed E-state index contributed by atoms with van der Waals surface area (Å²) in [5.74, 6) is 1.33. The van der Waals surface area contributed by atoms with Crippen LogP contribution in [0.1, 0.15) is 30.4 Å². The van der Waals surface area contributed by atoms with E-state index in [1.54, 1.807) is 19.2 Å². The van der Waals surface area contributed by atoms with Gasteiger partial charge in [-0.2, -0.15) is 5.26 Å². The van der Waals surface area contributed by atoms with E-state index in [1.165, 1.54) is 6.07 Å². The quantitative estimate of drug-likeness (QED) is 0.856. The van der Waals surface area contributed by atoms with E-state index in [4.69, 9.17) is 19.9 Å². The van der Waals surface area contributed by atoms with Gasteiger partial charge in [0.05, 0.1) is 19.6 Å². The van der Waals surface area contributed by atoms with Gasteiger partial charge in [-0.3, -0.25) is 0 Å². The number of rotatable bonds is 5. The fraction of sp³-hybridized carbons (Fsp3) is 0.250. The molecule has 1 atom stereocenters. The summed E-state index contributed by atoms with van der Waals surface area (Å²) >= 11 is 0. The first-order valence-electron chi connectivity index (χ1n) is 8.30. The van der Waals surface area contributed by atoms with Gasteiger partial charge in [0.2, 0.25) is 5.88 Å². The Bertz CT molecular complexity index is 899. The van der Waals surface area contributed by atoms with E-state index in [2.05, 4.69) is 6.07 Å². The molecule has 6 nitrogen and oxygen atoms in total. The van der Waals surface area contributed by atoms with Crippen LogP contribution in [0.4, 0.5) is 0 Å². The van der Waals surface area contributed by atoms with E-state index in [1.807, 2.05) is 25.1 Å². The van der Waals surface area contributed by atoms with Gasteiger partial charge in [0.15, 0.2) is 11.5 Å². The number of phenolic OH excluding ortho intramolecular Hbond substituents is 1. The summed E-state index contributed by atoms with van der Waals surface area (Å²) in [6.45, 7) is 2.62. The Morgan fingerprint density at radius 1 is 1.23 bits per heavy atom. The molecule has 6 heteroatoms. The number of ether oxygens (including phenoxy) is 3. The maximum Gasteiger partial charge on any atom is 0.205 e. The lowest BCUT2D eigenvalue weighted by Gasteiger charge is -2.27. The van der Waals surface area contributed by atoms with Gasteiger partial charge in [0.1, 0.15) is 23.1 Å². The third-order valence-corrected chi connectivity index (χ3v) is 4.19. The highest BCUT2D eigenvalue weighted by atomic mass is 16.5. The van der Waals surface area contributed by atoms with Crippen LogP contribution < -0.4 is 19.9 Å². The zero-order chi connectivity index (χ0) is 18.7. The summed E-state index contributed by atoms with van der Waals surface area (Å²) in [5.41, 5.74) is 7.83. The van der Waals surface area contributed by atoms with Crippen LogP contribution in [0.5, 0.6) is 23.0 Å². The summed E-state index contributed by atoms with van der Waals surface area (Å²) in [6, 6.07) is 12.5. The van der Waals surface area contributed by atoms with Crippen molar-refractivity contribution in [1.82, 2.24) is 0 Å². The minimum Gasteiger partial charge on any atom is -0.508 e. The molecule has 2 aromatic rings. The predicted molar refractivity (Wildman–Crippen MR) is 96.2 cm³/mol. The van der Waals surface area contributed by atoms with Gasteiger partial charge in [0.25, 0.3) is 0 Å². The number of nitrogens with two attached hydrogens (primary N) is 1. The lowest BCUT2D eigenvalue weighted by Crippen LogP contribution is -2.21. The van der Waals surface area contributed by atoms with Crippen LogP contribution in [0.2, 0.25) is 0 Å². The molecule has 26 heavy (non-hydrogen) atoms. The zero-order valence-corrected chi connectivity index (χ0v) is 14.7. The molecule has 0 aliphatic carbocycles. The van der Waals surface area contributed by atoms with Gasteiger partial charge in [-0.15, -0.1) is 0 Å². The highest BCUT2D eigenvalue weighted by molar-refractivity contribution is 5.58. The molecule has 0 saturated heterocycles. The van der Waals surface area contributed by atoms with Crippen molar-refractivity contribution in [1.29, 1.82) is 5.26 Å². The van der Waals surface area contributed by atoms with Crippen LogP contribution in [-0.4, -0.2) is 18.8 Å². The van der Waals surface area contributed by atoms with Crippen molar-refractivity contribution < 1.29 is 19.3 Å². The third-order valence-electron chi connectivity index (χ3n) is 4.19. The normalized spacial score (nSPS) is 15.7. The van der Waals surface area contributed by atoms with Crippen molar-refractivity contribution in [3.63, 3.8) is 0 Å². The number of hydrogen-bond donors (Lipinski definition) is 2. The van der Waals surface area contributed by atoms with Crippen molar-refractivity contribution in [2.24, 2.45) is 5.73 Å². The van der Waals surface area contributed by atoms with Crippen LogP contribution in [0.15, 0.2) is 47.9 Å². The second-order valence-electron chi connectivity index (χ2n) is 5.91. The molecule has 0 radical (unpaired) electrons. The largest absolute Gasteiger partial charge is 0.508 e. The smallest absolute Gasteiger partial charge is 0.205 e. The molecule has 134 valence electrons. The average molecular weight is 352 g/mol. The highest BCUT2D eigenvalue weighted by Gasteiger charge is 2.31. The maximum atomic E-state index is 9.72. The van der Waals surface area contributed by atoms with Crippen LogP contribution >= 0.6 is 0 Å². The standard InChI is InChI=1S/C20H20N2O4/c1-3-8-25-16-7-4-12(9-18(16)24-2)19-14-6-5-13(23)10-17(14)26-20(22)15(19)11-21/h4-7,9-10,19,23H,3,8,22H2,1-2H3. The number of benzene rings is 2. The molecule has 2 aromatic carbocycles. The number of aromatic hydroxyl groups is 1. The third kappa shape index (κ3) is 3.11. The van der Waals surface area contributed by atoms with Crippen LogP contribution in [-0.2, 0) is 0 Å². The van der Waals surface area contributed by atoms with Gasteiger partial charge in [-0.1, -0.05) is 19.1 Å². The number of allylic oxidation sites excluding steroid dienone is 1. The Kier molecular flexibility index (Phi) is 4.90. The van der Waals surface area contributed by atoms with Gasteiger partial charge in [0, 0.05) is 11.6 Å². The molecule has 1 unspecified atom stereocenters. The van der Waals surface area contributed by atoms with E-state index in [-0.39, 0.29) is 11.6 Å².